The second kappa shape index (κ2) is 6.19. The lowest BCUT2D eigenvalue weighted by atomic mass is 9.93. The molecule has 0 heterocycles. The molecule has 2 N–H and O–H groups in total. The van der Waals surface area contributed by atoms with Gasteiger partial charge in [0.25, 0.3) is 5.91 Å². The van der Waals surface area contributed by atoms with E-state index in [0.717, 1.165) is 24.8 Å². The lowest BCUT2D eigenvalue weighted by Crippen LogP contribution is -2.26. The van der Waals surface area contributed by atoms with Crippen LogP contribution >= 0.6 is 0 Å². The fraction of sp³-hybridized carbons (Fsp3) is 0.417. The summed E-state index contributed by atoms with van der Waals surface area (Å²) in [7, 11) is 0. The summed E-state index contributed by atoms with van der Waals surface area (Å²) < 4.78 is 0. The molecule has 3 nitrogen and oxygen atoms in total. The Balaban J connectivity index is 2.76. The van der Waals surface area contributed by atoms with Crippen LogP contribution in [0.2, 0.25) is 0 Å². The van der Waals surface area contributed by atoms with Crippen LogP contribution in [0.15, 0.2) is 30.3 Å². The first kappa shape index (κ1) is 11.7. The maximum Gasteiger partial charge on any atom is 0.250 e. The van der Waals surface area contributed by atoms with Gasteiger partial charge in [-0.1, -0.05) is 50.1 Å². The van der Waals surface area contributed by atoms with E-state index in [4.69, 9.17) is 5.21 Å². The van der Waals surface area contributed by atoms with Crippen LogP contribution in [0.25, 0.3) is 0 Å². The van der Waals surface area contributed by atoms with Crippen molar-refractivity contribution < 1.29 is 10.0 Å². The molecule has 1 rings (SSSR count). The SMILES string of the molecule is CCCCC(C(=O)NO)c1ccccc1. The highest BCUT2D eigenvalue weighted by atomic mass is 16.5. The number of amides is 1. The Kier molecular flexibility index (Phi) is 4.84. The maximum atomic E-state index is 11.5. The average molecular weight is 207 g/mol. The summed E-state index contributed by atoms with van der Waals surface area (Å²) in [6, 6.07) is 9.54. The van der Waals surface area contributed by atoms with Gasteiger partial charge in [0.2, 0.25) is 0 Å². The molecule has 0 saturated heterocycles. The summed E-state index contributed by atoms with van der Waals surface area (Å²) >= 11 is 0. The number of hydrogen-bond acceptors (Lipinski definition) is 2. The molecule has 1 aromatic rings. The Morgan fingerprint density at radius 2 is 2.07 bits per heavy atom. The minimum absolute atomic E-state index is 0.240. The minimum Gasteiger partial charge on any atom is -0.289 e. The Morgan fingerprint density at radius 3 is 2.60 bits per heavy atom. The Morgan fingerprint density at radius 1 is 1.40 bits per heavy atom. The van der Waals surface area contributed by atoms with Crippen molar-refractivity contribution in [3.63, 3.8) is 0 Å². The Labute approximate surface area is 90.1 Å². The molecule has 0 radical (unpaired) electrons. The van der Waals surface area contributed by atoms with E-state index < -0.39 is 0 Å². The van der Waals surface area contributed by atoms with Gasteiger partial charge in [0.1, 0.15) is 0 Å². The van der Waals surface area contributed by atoms with Crippen LogP contribution in [0.3, 0.4) is 0 Å². The van der Waals surface area contributed by atoms with E-state index in [1.54, 1.807) is 5.48 Å². The van der Waals surface area contributed by atoms with Gasteiger partial charge >= 0.3 is 0 Å². The molecule has 0 spiro atoms. The maximum absolute atomic E-state index is 11.5. The summed E-state index contributed by atoms with van der Waals surface area (Å²) in [6.45, 7) is 2.08. The van der Waals surface area contributed by atoms with Crippen molar-refractivity contribution in [2.75, 3.05) is 0 Å². The zero-order valence-electron chi connectivity index (χ0n) is 8.94. The van der Waals surface area contributed by atoms with Crippen molar-refractivity contribution in [3.8, 4) is 0 Å². The second-order valence-electron chi connectivity index (χ2n) is 3.58. The molecule has 0 bridgehead atoms. The molecular formula is C12H17NO2. The molecule has 15 heavy (non-hydrogen) atoms. The minimum atomic E-state index is -0.324. The monoisotopic (exact) mass is 207 g/mol. The van der Waals surface area contributed by atoms with Gasteiger partial charge < -0.3 is 0 Å². The zero-order chi connectivity index (χ0) is 11.1. The van der Waals surface area contributed by atoms with Crippen LogP contribution in [0.5, 0.6) is 0 Å². The fourth-order valence-electron chi connectivity index (χ4n) is 1.62. The molecule has 0 aromatic heterocycles. The van der Waals surface area contributed by atoms with Gasteiger partial charge in [-0.25, -0.2) is 5.48 Å². The molecule has 0 aliphatic rings. The number of hydroxylamine groups is 1. The number of unbranched alkanes of at least 4 members (excludes halogenated alkanes) is 1. The number of hydrogen-bond donors (Lipinski definition) is 2. The summed E-state index contributed by atoms with van der Waals surface area (Å²) in [6.07, 6.45) is 2.79. The summed E-state index contributed by atoms with van der Waals surface area (Å²) in [5, 5.41) is 8.67. The number of nitrogens with one attached hydrogen (secondary N) is 1. The van der Waals surface area contributed by atoms with Crippen LogP contribution < -0.4 is 5.48 Å². The van der Waals surface area contributed by atoms with E-state index >= 15 is 0 Å². The van der Waals surface area contributed by atoms with Crippen molar-refractivity contribution in [3.05, 3.63) is 35.9 Å². The van der Waals surface area contributed by atoms with E-state index in [2.05, 4.69) is 6.92 Å². The van der Waals surface area contributed by atoms with Crippen molar-refractivity contribution in [2.45, 2.75) is 32.1 Å². The van der Waals surface area contributed by atoms with Gasteiger partial charge in [0.15, 0.2) is 0 Å². The summed E-state index contributed by atoms with van der Waals surface area (Å²) in [4.78, 5) is 11.5. The first-order valence-electron chi connectivity index (χ1n) is 5.28. The van der Waals surface area contributed by atoms with Gasteiger partial charge in [-0.3, -0.25) is 10.0 Å². The van der Waals surface area contributed by atoms with E-state index in [0.29, 0.717) is 0 Å². The van der Waals surface area contributed by atoms with Gasteiger partial charge in [0.05, 0.1) is 5.92 Å². The molecule has 0 aliphatic carbocycles. The van der Waals surface area contributed by atoms with Gasteiger partial charge in [-0.05, 0) is 12.0 Å². The van der Waals surface area contributed by atoms with Crippen LogP contribution in [0.4, 0.5) is 0 Å². The van der Waals surface area contributed by atoms with Crippen molar-refractivity contribution in [1.29, 1.82) is 0 Å². The fourth-order valence-corrected chi connectivity index (χ4v) is 1.62. The molecule has 3 heteroatoms. The zero-order valence-corrected chi connectivity index (χ0v) is 8.94. The van der Waals surface area contributed by atoms with Gasteiger partial charge in [0, 0.05) is 0 Å². The van der Waals surface area contributed by atoms with Crippen LogP contribution in [0.1, 0.15) is 37.7 Å². The molecule has 0 saturated carbocycles. The molecule has 0 aliphatic heterocycles. The van der Waals surface area contributed by atoms with Crippen LogP contribution in [-0.4, -0.2) is 11.1 Å². The van der Waals surface area contributed by atoms with Crippen molar-refractivity contribution in [1.82, 2.24) is 5.48 Å². The number of carbonyl (C=O) groups is 1. The second-order valence-corrected chi connectivity index (χ2v) is 3.58. The Bertz CT molecular complexity index is 298. The normalized spacial score (nSPS) is 12.1. The third-order valence-electron chi connectivity index (χ3n) is 2.47. The largest absolute Gasteiger partial charge is 0.289 e. The van der Waals surface area contributed by atoms with Crippen molar-refractivity contribution >= 4 is 5.91 Å². The first-order valence-corrected chi connectivity index (χ1v) is 5.28. The predicted octanol–water partition coefficient (Wildman–Crippen LogP) is 2.47. The molecule has 1 unspecified atom stereocenters. The van der Waals surface area contributed by atoms with Crippen LogP contribution in [-0.2, 0) is 4.79 Å². The standard InChI is InChI=1S/C12H17NO2/c1-2-3-9-11(12(14)13-15)10-7-5-4-6-8-10/h4-8,11,15H,2-3,9H2,1H3,(H,13,14). The third kappa shape index (κ3) is 3.36. The number of rotatable bonds is 5. The van der Waals surface area contributed by atoms with E-state index in [1.165, 1.54) is 0 Å². The van der Waals surface area contributed by atoms with Crippen LogP contribution in [0, 0.1) is 0 Å². The lowest BCUT2D eigenvalue weighted by molar-refractivity contribution is -0.131. The molecular weight excluding hydrogens is 190 g/mol. The predicted molar refractivity (Wildman–Crippen MR) is 58.6 cm³/mol. The Hall–Kier alpha value is -1.35. The molecule has 1 atom stereocenters. The number of carbonyl (C=O) groups excluding carboxylic acids is 1. The first-order chi connectivity index (χ1) is 7.29. The quantitative estimate of drug-likeness (QED) is 0.575. The highest BCUT2D eigenvalue weighted by molar-refractivity contribution is 5.82. The summed E-state index contributed by atoms with van der Waals surface area (Å²) in [5.74, 6) is -0.564. The third-order valence-corrected chi connectivity index (χ3v) is 2.47. The van der Waals surface area contributed by atoms with E-state index in [9.17, 15) is 4.79 Å². The van der Waals surface area contributed by atoms with Gasteiger partial charge in [-0.15, -0.1) is 0 Å². The average Bonchev–Trinajstić information content (AvgIpc) is 2.30. The summed E-state index contributed by atoms with van der Waals surface area (Å²) in [5.41, 5.74) is 2.69. The molecule has 1 amide bonds. The smallest absolute Gasteiger partial charge is 0.250 e. The van der Waals surface area contributed by atoms with E-state index in [1.807, 2.05) is 30.3 Å². The highest BCUT2D eigenvalue weighted by Crippen LogP contribution is 2.21. The number of benzene rings is 1. The molecule has 1 aromatic carbocycles. The van der Waals surface area contributed by atoms with Crippen molar-refractivity contribution in [2.24, 2.45) is 0 Å². The molecule has 0 fully saturated rings. The topological polar surface area (TPSA) is 49.3 Å². The highest BCUT2D eigenvalue weighted by Gasteiger charge is 2.18. The lowest BCUT2D eigenvalue weighted by Gasteiger charge is -2.14. The van der Waals surface area contributed by atoms with E-state index in [-0.39, 0.29) is 11.8 Å². The molecule has 82 valence electrons. The van der Waals surface area contributed by atoms with Gasteiger partial charge in [-0.2, -0.15) is 0 Å².